The third kappa shape index (κ3) is 1.42. The Kier molecular flexibility index (Phi) is 2.49. The van der Waals surface area contributed by atoms with Crippen LogP contribution in [0, 0.1) is 5.41 Å². The minimum Gasteiger partial charge on any atom is -0.364 e. The van der Waals surface area contributed by atoms with Crippen LogP contribution in [-0.2, 0) is 10.3 Å². The molecule has 1 aromatic carbocycles. The van der Waals surface area contributed by atoms with Crippen LogP contribution < -0.4 is 0 Å². The molecule has 1 aromatic heterocycles. The number of nitrogens with zero attached hydrogens (tertiary/aromatic N) is 1. The first kappa shape index (κ1) is 11.4. The van der Waals surface area contributed by atoms with E-state index in [1.165, 1.54) is 5.56 Å². The fourth-order valence-electron chi connectivity index (χ4n) is 2.86. The fourth-order valence-corrected chi connectivity index (χ4v) is 2.86. The van der Waals surface area contributed by atoms with Crippen molar-refractivity contribution in [3.63, 3.8) is 0 Å². The topological polar surface area (TPSA) is 22.1 Å². The van der Waals surface area contributed by atoms with Crippen LogP contribution in [0.25, 0.3) is 0 Å². The third-order valence-electron chi connectivity index (χ3n) is 3.85. The van der Waals surface area contributed by atoms with Crippen LogP contribution in [0.5, 0.6) is 0 Å². The number of rotatable bonds is 2. The first-order valence-electron chi connectivity index (χ1n) is 6.27. The zero-order valence-corrected chi connectivity index (χ0v) is 10.8. The molecule has 2 heteroatoms. The van der Waals surface area contributed by atoms with E-state index in [4.69, 9.17) is 4.74 Å². The predicted molar refractivity (Wildman–Crippen MR) is 71.2 cm³/mol. The van der Waals surface area contributed by atoms with E-state index in [0.717, 1.165) is 12.2 Å². The molecule has 92 valence electrons. The molecule has 0 bridgehead atoms. The molecule has 1 atom stereocenters. The van der Waals surface area contributed by atoms with E-state index in [-0.39, 0.29) is 11.0 Å². The Bertz CT molecular complexity index is 494. The van der Waals surface area contributed by atoms with Gasteiger partial charge in [0.15, 0.2) is 0 Å². The number of pyridine rings is 1. The average molecular weight is 239 g/mol. The van der Waals surface area contributed by atoms with Gasteiger partial charge in [0.05, 0.1) is 6.61 Å². The van der Waals surface area contributed by atoms with Gasteiger partial charge in [-0.05, 0) is 11.6 Å². The van der Waals surface area contributed by atoms with Crippen molar-refractivity contribution in [3.05, 3.63) is 66.0 Å². The Labute approximate surface area is 108 Å². The van der Waals surface area contributed by atoms with Crippen LogP contribution in [0.4, 0.5) is 0 Å². The highest BCUT2D eigenvalue weighted by Gasteiger charge is 2.57. The molecule has 1 unspecified atom stereocenters. The van der Waals surface area contributed by atoms with E-state index in [9.17, 15) is 0 Å². The summed E-state index contributed by atoms with van der Waals surface area (Å²) in [6.45, 7) is 5.27. The van der Waals surface area contributed by atoms with Gasteiger partial charge >= 0.3 is 0 Å². The molecule has 0 amide bonds. The summed E-state index contributed by atoms with van der Waals surface area (Å²) in [6.07, 6.45) is 3.71. The molecule has 2 aromatic rings. The number of hydrogen-bond acceptors (Lipinski definition) is 2. The second-order valence-electron chi connectivity index (χ2n) is 5.46. The maximum Gasteiger partial charge on any atom is 0.127 e. The van der Waals surface area contributed by atoms with E-state index in [1.54, 1.807) is 6.20 Å². The van der Waals surface area contributed by atoms with E-state index in [0.29, 0.717) is 0 Å². The zero-order valence-electron chi connectivity index (χ0n) is 10.8. The van der Waals surface area contributed by atoms with Gasteiger partial charge < -0.3 is 4.74 Å². The van der Waals surface area contributed by atoms with Crippen molar-refractivity contribution in [2.45, 2.75) is 19.4 Å². The van der Waals surface area contributed by atoms with Gasteiger partial charge in [0.1, 0.15) is 5.60 Å². The van der Waals surface area contributed by atoms with Crippen molar-refractivity contribution in [3.8, 4) is 0 Å². The maximum absolute atomic E-state index is 6.07. The summed E-state index contributed by atoms with van der Waals surface area (Å²) in [6, 6.07) is 14.5. The summed E-state index contributed by atoms with van der Waals surface area (Å²) in [7, 11) is 0. The van der Waals surface area contributed by atoms with Gasteiger partial charge in [0.25, 0.3) is 0 Å². The molecule has 0 saturated carbocycles. The average Bonchev–Trinajstić information content (AvgIpc) is 2.41. The third-order valence-corrected chi connectivity index (χ3v) is 3.85. The fraction of sp³-hybridized carbons (Fsp3) is 0.312. The van der Waals surface area contributed by atoms with Gasteiger partial charge in [-0.25, -0.2) is 0 Å². The standard InChI is InChI=1S/C16H17NO/c1-15(2)12-18-16(15,13-7-4-3-5-8-13)14-9-6-10-17-11-14/h3-11H,12H2,1-2H3. The molecule has 0 N–H and O–H groups in total. The second-order valence-corrected chi connectivity index (χ2v) is 5.46. The lowest BCUT2D eigenvalue weighted by molar-refractivity contribution is -0.235. The summed E-state index contributed by atoms with van der Waals surface area (Å²) in [5.41, 5.74) is 2.06. The summed E-state index contributed by atoms with van der Waals surface area (Å²) in [5.74, 6) is 0. The summed E-state index contributed by atoms with van der Waals surface area (Å²) in [5, 5.41) is 0. The molecule has 1 aliphatic heterocycles. The molecular formula is C16H17NO. The first-order valence-corrected chi connectivity index (χ1v) is 6.27. The quantitative estimate of drug-likeness (QED) is 0.801. The minimum absolute atomic E-state index is 0.0807. The number of benzene rings is 1. The van der Waals surface area contributed by atoms with Gasteiger partial charge in [-0.15, -0.1) is 0 Å². The van der Waals surface area contributed by atoms with E-state index >= 15 is 0 Å². The monoisotopic (exact) mass is 239 g/mol. The Hall–Kier alpha value is -1.67. The Morgan fingerprint density at radius 1 is 1.00 bits per heavy atom. The van der Waals surface area contributed by atoms with Crippen molar-refractivity contribution in [1.82, 2.24) is 4.98 Å². The molecule has 2 nitrogen and oxygen atoms in total. The zero-order chi connectivity index (χ0) is 12.6. The van der Waals surface area contributed by atoms with Gasteiger partial charge in [-0.3, -0.25) is 4.98 Å². The molecule has 1 aliphatic rings. The van der Waals surface area contributed by atoms with Gasteiger partial charge in [0, 0.05) is 23.4 Å². The van der Waals surface area contributed by atoms with Crippen molar-refractivity contribution in [2.75, 3.05) is 6.61 Å². The van der Waals surface area contributed by atoms with Crippen LogP contribution in [0.2, 0.25) is 0 Å². The molecule has 18 heavy (non-hydrogen) atoms. The lowest BCUT2D eigenvalue weighted by atomic mass is 9.63. The summed E-state index contributed by atoms with van der Waals surface area (Å²) in [4.78, 5) is 4.24. The summed E-state index contributed by atoms with van der Waals surface area (Å²) < 4.78 is 6.07. The van der Waals surface area contributed by atoms with Gasteiger partial charge in [0.2, 0.25) is 0 Å². The van der Waals surface area contributed by atoms with Crippen LogP contribution in [0.15, 0.2) is 54.9 Å². The highest BCUT2D eigenvalue weighted by Crippen LogP contribution is 2.55. The van der Waals surface area contributed by atoms with Crippen LogP contribution in [0.1, 0.15) is 25.0 Å². The molecule has 0 aliphatic carbocycles. The van der Waals surface area contributed by atoms with Crippen molar-refractivity contribution < 1.29 is 4.74 Å². The second kappa shape index (κ2) is 3.92. The van der Waals surface area contributed by atoms with Crippen molar-refractivity contribution >= 4 is 0 Å². The van der Waals surface area contributed by atoms with Crippen LogP contribution >= 0.6 is 0 Å². The maximum atomic E-state index is 6.07. The Balaban J connectivity index is 2.18. The largest absolute Gasteiger partial charge is 0.364 e. The van der Waals surface area contributed by atoms with Crippen molar-refractivity contribution in [1.29, 1.82) is 0 Å². The lowest BCUT2D eigenvalue weighted by Gasteiger charge is -2.56. The Morgan fingerprint density at radius 2 is 1.72 bits per heavy atom. The van der Waals surface area contributed by atoms with Crippen LogP contribution in [0.3, 0.4) is 0 Å². The molecule has 0 spiro atoms. The normalized spacial score (nSPS) is 25.4. The van der Waals surface area contributed by atoms with Gasteiger partial charge in [-0.1, -0.05) is 50.2 Å². The van der Waals surface area contributed by atoms with E-state index in [1.807, 2.05) is 18.3 Å². The SMILES string of the molecule is CC1(C)COC1(c1ccccc1)c1cccnc1. The highest BCUT2D eigenvalue weighted by molar-refractivity contribution is 5.40. The minimum atomic E-state index is -0.359. The molecule has 0 radical (unpaired) electrons. The van der Waals surface area contributed by atoms with Crippen molar-refractivity contribution in [2.24, 2.45) is 5.41 Å². The Morgan fingerprint density at radius 3 is 2.22 bits per heavy atom. The summed E-state index contributed by atoms with van der Waals surface area (Å²) >= 11 is 0. The predicted octanol–water partition coefficient (Wildman–Crippen LogP) is 3.38. The van der Waals surface area contributed by atoms with Crippen LogP contribution in [-0.4, -0.2) is 11.6 Å². The number of aromatic nitrogens is 1. The van der Waals surface area contributed by atoms with E-state index < -0.39 is 0 Å². The molecule has 1 fully saturated rings. The number of hydrogen-bond donors (Lipinski definition) is 0. The smallest absolute Gasteiger partial charge is 0.127 e. The molecule has 1 saturated heterocycles. The van der Waals surface area contributed by atoms with E-state index in [2.05, 4.69) is 49.2 Å². The highest BCUT2D eigenvalue weighted by atomic mass is 16.5. The number of ether oxygens (including phenoxy) is 1. The van der Waals surface area contributed by atoms with Gasteiger partial charge in [-0.2, -0.15) is 0 Å². The first-order chi connectivity index (χ1) is 8.67. The molecule has 3 rings (SSSR count). The lowest BCUT2D eigenvalue weighted by Crippen LogP contribution is -2.58. The molecular weight excluding hydrogens is 222 g/mol. The molecule has 2 heterocycles.